The molecule has 9 nitrogen and oxygen atoms in total. The van der Waals surface area contributed by atoms with E-state index >= 15 is 0 Å². The van der Waals surface area contributed by atoms with Gasteiger partial charge in [-0.1, -0.05) is 66.7 Å². The molecule has 0 bridgehead atoms. The number of hydrogen-bond donors (Lipinski definition) is 3. The lowest BCUT2D eigenvalue weighted by Crippen LogP contribution is -2.45. The summed E-state index contributed by atoms with van der Waals surface area (Å²) in [5.74, 6) is -0.500. The average molecular weight is 627 g/mol. The Kier molecular flexibility index (Phi) is 10.0. The number of carbonyl (C=O) groups is 2. The topological polar surface area (TPSA) is 110 Å². The molecule has 1 heterocycles. The molecule has 0 unspecified atom stereocenters. The molecule has 0 spiro atoms. The zero-order chi connectivity index (χ0) is 31.8. The molecule has 45 heavy (non-hydrogen) atoms. The number of amides is 1. The maximum absolute atomic E-state index is 14.2. The van der Waals surface area contributed by atoms with Crippen LogP contribution in [0.3, 0.4) is 0 Å². The maximum Gasteiger partial charge on any atom is 0.338 e. The lowest BCUT2D eigenvalue weighted by atomic mass is 9.95. The SMILES string of the molecule is CCOC(=O)C1=C(C)NC(=S)N[C@@H]1c1ccccc1OCC(=O)NN=Cc1c(OCc2ccccc2F)ccc2ccccc12. The molecule has 230 valence electrons. The molecule has 0 saturated heterocycles. The number of esters is 1. The van der Waals surface area contributed by atoms with E-state index in [0.717, 1.165) is 10.8 Å². The highest BCUT2D eigenvalue weighted by Gasteiger charge is 2.32. The largest absolute Gasteiger partial charge is 0.488 e. The molecule has 0 saturated carbocycles. The zero-order valence-corrected chi connectivity index (χ0v) is 25.5. The van der Waals surface area contributed by atoms with Crippen LogP contribution in [-0.4, -0.2) is 36.4 Å². The Morgan fingerprint density at radius 3 is 2.56 bits per heavy atom. The normalized spacial score (nSPS) is 14.6. The second kappa shape index (κ2) is 14.5. The average Bonchev–Trinajstić information content (AvgIpc) is 3.03. The fourth-order valence-electron chi connectivity index (χ4n) is 4.91. The molecule has 0 aliphatic carbocycles. The van der Waals surface area contributed by atoms with Gasteiger partial charge in [0.25, 0.3) is 5.91 Å². The molecule has 0 fully saturated rings. The number of benzene rings is 4. The Balaban J connectivity index is 1.30. The molecule has 4 aromatic carbocycles. The summed E-state index contributed by atoms with van der Waals surface area (Å²) in [7, 11) is 0. The molecule has 5 rings (SSSR count). The fraction of sp³-hybridized carbons (Fsp3) is 0.176. The second-order valence-corrected chi connectivity index (χ2v) is 10.4. The Bertz CT molecular complexity index is 1810. The van der Waals surface area contributed by atoms with Gasteiger partial charge in [-0.3, -0.25) is 4.79 Å². The van der Waals surface area contributed by atoms with Crippen LogP contribution in [0.1, 0.15) is 36.6 Å². The second-order valence-electron chi connectivity index (χ2n) is 9.99. The lowest BCUT2D eigenvalue weighted by Gasteiger charge is -2.30. The Morgan fingerprint density at radius 1 is 0.978 bits per heavy atom. The first-order valence-electron chi connectivity index (χ1n) is 14.2. The van der Waals surface area contributed by atoms with Crippen LogP contribution >= 0.6 is 12.2 Å². The highest BCUT2D eigenvalue weighted by molar-refractivity contribution is 7.80. The number of rotatable bonds is 11. The van der Waals surface area contributed by atoms with Crippen molar-refractivity contribution < 1.29 is 28.2 Å². The molecular weight excluding hydrogens is 595 g/mol. The first-order valence-corrected chi connectivity index (χ1v) is 14.6. The van der Waals surface area contributed by atoms with Crippen LogP contribution in [0.5, 0.6) is 11.5 Å². The molecular formula is C34H31FN4O5S. The Hall–Kier alpha value is -5.29. The van der Waals surface area contributed by atoms with Gasteiger partial charge in [-0.25, -0.2) is 14.6 Å². The van der Waals surface area contributed by atoms with Crippen molar-refractivity contribution in [3.63, 3.8) is 0 Å². The molecule has 1 aliphatic heterocycles. The smallest absolute Gasteiger partial charge is 0.338 e. The standard InChI is InChI=1S/C34H31FN4O5S/c1-3-42-33(41)31-21(2)37-34(45)38-32(31)25-13-7-9-15-28(25)44-20-30(40)39-36-18-26-24-12-6-4-10-22(24)16-17-29(26)43-19-23-11-5-8-14-27(23)35/h4-18,32H,3,19-20H2,1-2H3,(H,39,40)(H2,37,38,45)/t32-/m1/s1. The van der Waals surface area contributed by atoms with Crippen molar-refractivity contribution in [3.05, 3.63) is 119 Å². The highest BCUT2D eigenvalue weighted by atomic mass is 32.1. The first kappa shape index (κ1) is 31.1. The summed E-state index contributed by atoms with van der Waals surface area (Å²) in [6.45, 7) is 3.36. The predicted molar refractivity (Wildman–Crippen MR) is 173 cm³/mol. The fourth-order valence-corrected chi connectivity index (χ4v) is 5.18. The van der Waals surface area contributed by atoms with Gasteiger partial charge in [0.15, 0.2) is 11.7 Å². The predicted octanol–water partition coefficient (Wildman–Crippen LogP) is 5.44. The summed E-state index contributed by atoms with van der Waals surface area (Å²) in [5.41, 5.74) is 5.06. The number of ether oxygens (including phenoxy) is 3. The van der Waals surface area contributed by atoms with E-state index in [1.165, 1.54) is 12.3 Å². The van der Waals surface area contributed by atoms with Crippen LogP contribution in [0.2, 0.25) is 0 Å². The minimum absolute atomic E-state index is 0.0225. The minimum atomic E-state index is -0.649. The third-order valence-electron chi connectivity index (χ3n) is 7.01. The van der Waals surface area contributed by atoms with Gasteiger partial charge in [0.05, 0.1) is 24.4 Å². The van der Waals surface area contributed by atoms with Crippen molar-refractivity contribution in [3.8, 4) is 11.5 Å². The first-order chi connectivity index (χ1) is 21.9. The molecule has 1 atom stereocenters. The number of thiocarbonyl (C=S) groups is 1. The summed E-state index contributed by atoms with van der Waals surface area (Å²) in [5, 5.41) is 12.4. The molecule has 0 aromatic heterocycles. The van der Waals surface area contributed by atoms with E-state index in [9.17, 15) is 14.0 Å². The quantitative estimate of drug-likeness (QED) is 0.0874. The van der Waals surface area contributed by atoms with Crippen molar-refractivity contribution in [2.45, 2.75) is 26.5 Å². The molecule has 1 aliphatic rings. The van der Waals surface area contributed by atoms with Crippen LogP contribution in [0.4, 0.5) is 4.39 Å². The van der Waals surface area contributed by atoms with E-state index in [0.29, 0.717) is 44.6 Å². The molecule has 11 heteroatoms. The third kappa shape index (κ3) is 7.44. The number of hydrogen-bond acceptors (Lipinski definition) is 7. The van der Waals surface area contributed by atoms with Gasteiger partial charge in [0.2, 0.25) is 0 Å². The van der Waals surface area contributed by atoms with E-state index < -0.39 is 17.9 Å². The van der Waals surface area contributed by atoms with Gasteiger partial charge in [-0.2, -0.15) is 5.10 Å². The van der Waals surface area contributed by atoms with Crippen molar-refractivity contribution in [1.29, 1.82) is 0 Å². The number of para-hydroxylation sites is 1. The summed E-state index contributed by atoms with van der Waals surface area (Å²) >= 11 is 5.33. The number of allylic oxidation sites excluding steroid dienone is 1. The van der Waals surface area contributed by atoms with Crippen LogP contribution in [0.15, 0.2) is 101 Å². The van der Waals surface area contributed by atoms with E-state index in [2.05, 4.69) is 21.2 Å². The van der Waals surface area contributed by atoms with Crippen LogP contribution in [-0.2, 0) is 20.9 Å². The van der Waals surface area contributed by atoms with Gasteiger partial charge in [-0.15, -0.1) is 0 Å². The van der Waals surface area contributed by atoms with Crippen LogP contribution in [0.25, 0.3) is 10.8 Å². The van der Waals surface area contributed by atoms with Gasteiger partial charge in [0, 0.05) is 22.4 Å². The lowest BCUT2D eigenvalue weighted by molar-refractivity contribution is -0.139. The van der Waals surface area contributed by atoms with Crippen LogP contribution < -0.4 is 25.5 Å². The van der Waals surface area contributed by atoms with E-state index in [4.69, 9.17) is 26.4 Å². The number of hydrazone groups is 1. The highest BCUT2D eigenvalue weighted by Crippen LogP contribution is 2.33. The summed E-state index contributed by atoms with van der Waals surface area (Å²) in [6, 6.07) is 24.2. The van der Waals surface area contributed by atoms with E-state index in [1.807, 2.05) is 30.3 Å². The number of nitrogens with zero attached hydrogens (tertiary/aromatic N) is 1. The minimum Gasteiger partial charge on any atom is -0.488 e. The van der Waals surface area contributed by atoms with Gasteiger partial charge in [-0.05, 0) is 55.0 Å². The van der Waals surface area contributed by atoms with Crippen molar-refractivity contribution >= 4 is 46.2 Å². The van der Waals surface area contributed by atoms with Gasteiger partial charge >= 0.3 is 5.97 Å². The van der Waals surface area contributed by atoms with Gasteiger partial charge < -0.3 is 24.8 Å². The third-order valence-corrected chi connectivity index (χ3v) is 7.23. The molecule has 0 radical (unpaired) electrons. The Labute approximate surface area is 265 Å². The molecule has 3 N–H and O–H groups in total. The number of halogens is 1. The molecule has 4 aromatic rings. The van der Waals surface area contributed by atoms with Crippen molar-refractivity contribution in [2.24, 2.45) is 5.10 Å². The van der Waals surface area contributed by atoms with E-state index in [1.54, 1.807) is 62.4 Å². The number of carbonyl (C=O) groups excluding carboxylic acids is 2. The number of fused-ring (bicyclic) bond motifs is 1. The van der Waals surface area contributed by atoms with Crippen molar-refractivity contribution in [2.75, 3.05) is 13.2 Å². The zero-order valence-electron chi connectivity index (χ0n) is 24.6. The monoisotopic (exact) mass is 626 g/mol. The summed E-state index contributed by atoms with van der Waals surface area (Å²) in [6.07, 6.45) is 1.49. The summed E-state index contributed by atoms with van der Waals surface area (Å²) < 4.78 is 31.3. The van der Waals surface area contributed by atoms with Crippen molar-refractivity contribution in [1.82, 2.24) is 16.1 Å². The molecule has 1 amide bonds. The van der Waals surface area contributed by atoms with Crippen LogP contribution in [0, 0.1) is 5.82 Å². The van der Waals surface area contributed by atoms with E-state index in [-0.39, 0.29) is 25.6 Å². The number of nitrogens with one attached hydrogen (secondary N) is 3. The Morgan fingerprint density at radius 2 is 1.73 bits per heavy atom. The maximum atomic E-state index is 14.2. The summed E-state index contributed by atoms with van der Waals surface area (Å²) in [4.78, 5) is 25.6. The van der Waals surface area contributed by atoms with Gasteiger partial charge in [0.1, 0.15) is 23.9 Å².